The molecular weight excluding hydrogens is 236 g/mol. The van der Waals surface area contributed by atoms with Crippen LogP contribution in [0.4, 0.5) is 0 Å². The third-order valence-electron chi connectivity index (χ3n) is 2.78. The number of benzene rings is 1. The molecule has 0 spiro atoms. The fraction of sp³-hybridized carbons (Fsp3) is 0.167. The Bertz CT molecular complexity index is 630. The summed E-state index contributed by atoms with van der Waals surface area (Å²) in [4.78, 5) is 15.0. The highest BCUT2D eigenvalue weighted by molar-refractivity contribution is 5.76. The maximum atomic E-state index is 10.9. The van der Waals surface area contributed by atoms with E-state index >= 15 is 0 Å². The minimum absolute atomic E-state index is 0.0211. The van der Waals surface area contributed by atoms with Gasteiger partial charge >= 0.3 is 11.9 Å². The molecule has 0 radical (unpaired) electrons. The van der Waals surface area contributed by atoms with E-state index in [4.69, 9.17) is 10.4 Å². The van der Waals surface area contributed by atoms with Crippen LogP contribution in [0.15, 0.2) is 30.8 Å². The highest BCUT2D eigenvalue weighted by atomic mass is 17.1. The average molecular weight is 249 g/mol. The van der Waals surface area contributed by atoms with Crippen molar-refractivity contribution >= 4 is 22.9 Å². The van der Waals surface area contributed by atoms with Gasteiger partial charge in [0.1, 0.15) is 0 Å². The number of carbonyl (C=O) groups is 1. The van der Waals surface area contributed by atoms with Gasteiger partial charge in [-0.25, -0.2) is 9.36 Å². The highest BCUT2D eigenvalue weighted by Gasteiger charge is 2.25. The van der Waals surface area contributed by atoms with Crippen LogP contribution in [0.5, 0.6) is 0 Å². The predicted octanol–water partition coefficient (Wildman–Crippen LogP) is 1.24. The summed E-state index contributed by atoms with van der Waals surface area (Å²) in [5.41, 5.74) is 1.45. The lowest BCUT2D eigenvalue weighted by atomic mass is 10.3. The molecule has 0 fully saturated rings. The van der Waals surface area contributed by atoms with Crippen molar-refractivity contribution in [2.75, 3.05) is 0 Å². The van der Waals surface area contributed by atoms with E-state index in [1.807, 2.05) is 12.1 Å². The number of carboxylic acid groups (broad SMARTS) is 1. The SMILES string of the molecule is C=C(OO)[n+]1c(C)n(CC(=O)O)c2ccccc21. The van der Waals surface area contributed by atoms with Gasteiger partial charge in [-0.1, -0.05) is 12.1 Å². The molecule has 2 aromatic rings. The first-order valence-corrected chi connectivity index (χ1v) is 5.28. The lowest BCUT2D eigenvalue weighted by molar-refractivity contribution is -0.597. The van der Waals surface area contributed by atoms with E-state index in [9.17, 15) is 4.79 Å². The largest absolute Gasteiger partial charge is 0.478 e. The molecule has 0 aliphatic rings. The molecule has 1 aromatic heterocycles. The molecule has 94 valence electrons. The molecule has 18 heavy (non-hydrogen) atoms. The Hall–Kier alpha value is -2.34. The number of imidazole rings is 1. The van der Waals surface area contributed by atoms with E-state index in [0.29, 0.717) is 5.82 Å². The van der Waals surface area contributed by atoms with E-state index in [2.05, 4.69) is 11.5 Å². The van der Waals surface area contributed by atoms with Crippen LogP contribution in [0.1, 0.15) is 5.82 Å². The molecule has 6 nitrogen and oxygen atoms in total. The summed E-state index contributed by atoms with van der Waals surface area (Å²) < 4.78 is 3.17. The summed E-state index contributed by atoms with van der Waals surface area (Å²) in [6, 6.07) is 7.22. The second-order valence-electron chi connectivity index (χ2n) is 3.84. The van der Waals surface area contributed by atoms with E-state index in [0.717, 1.165) is 11.0 Å². The van der Waals surface area contributed by atoms with Crippen LogP contribution in [0.2, 0.25) is 0 Å². The highest BCUT2D eigenvalue weighted by Crippen LogP contribution is 2.15. The Balaban J connectivity index is 2.75. The number of hydrogen-bond donors (Lipinski definition) is 2. The van der Waals surface area contributed by atoms with Gasteiger partial charge < -0.3 is 5.11 Å². The van der Waals surface area contributed by atoms with Crippen LogP contribution >= 0.6 is 0 Å². The molecule has 0 saturated carbocycles. The Kier molecular flexibility index (Phi) is 3.03. The van der Waals surface area contributed by atoms with Crippen LogP contribution in [0.25, 0.3) is 16.9 Å². The molecule has 0 atom stereocenters. The normalized spacial score (nSPS) is 10.6. The molecule has 0 amide bonds. The molecule has 2 rings (SSSR count). The number of para-hydroxylation sites is 2. The van der Waals surface area contributed by atoms with Gasteiger partial charge in [0.25, 0.3) is 5.82 Å². The average Bonchev–Trinajstić information content (AvgIpc) is 2.62. The van der Waals surface area contributed by atoms with E-state index in [-0.39, 0.29) is 12.4 Å². The molecule has 1 heterocycles. The fourth-order valence-electron chi connectivity index (χ4n) is 2.04. The maximum Gasteiger partial charge on any atom is 0.346 e. The van der Waals surface area contributed by atoms with Crippen molar-refractivity contribution in [1.29, 1.82) is 0 Å². The number of rotatable bonds is 4. The summed E-state index contributed by atoms with van der Waals surface area (Å²) >= 11 is 0. The zero-order valence-corrected chi connectivity index (χ0v) is 9.83. The zero-order chi connectivity index (χ0) is 13.3. The van der Waals surface area contributed by atoms with Crippen LogP contribution in [0, 0.1) is 6.92 Å². The Labute approximate surface area is 103 Å². The van der Waals surface area contributed by atoms with Gasteiger partial charge in [0, 0.05) is 6.92 Å². The molecule has 0 bridgehead atoms. The summed E-state index contributed by atoms with van der Waals surface area (Å²) in [7, 11) is 0. The van der Waals surface area contributed by atoms with Gasteiger partial charge in [0.05, 0.1) is 0 Å². The molecule has 6 heteroatoms. The summed E-state index contributed by atoms with van der Waals surface area (Å²) in [5, 5.41) is 17.6. The van der Waals surface area contributed by atoms with Gasteiger partial charge in [-0.2, -0.15) is 9.82 Å². The lowest BCUT2D eigenvalue weighted by Crippen LogP contribution is -2.35. The Morgan fingerprint density at radius 2 is 2.17 bits per heavy atom. The molecule has 0 saturated heterocycles. The second-order valence-corrected chi connectivity index (χ2v) is 3.84. The monoisotopic (exact) mass is 249 g/mol. The summed E-state index contributed by atoms with van der Waals surface area (Å²) in [5.74, 6) is -0.313. The summed E-state index contributed by atoms with van der Waals surface area (Å²) in [6.07, 6.45) is 0. The number of hydrogen-bond acceptors (Lipinski definition) is 3. The Morgan fingerprint density at radius 3 is 2.78 bits per heavy atom. The third kappa shape index (κ3) is 1.82. The summed E-state index contributed by atoms with van der Waals surface area (Å²) in [6.45, 7) is 5.14. The Morgan fingerprint density at radius 1 is 1.50 bits per heavy atom. The maximum absolute atomic E-state index is 10.9. The number of carboxylic acids is 1. The lowest BCUT2D eigenvalue weighted by Gasteiger charge is -1.99. The first kappa shape index (κ1) is 12.1. The van der Waals surface area contributed by atoms with Crippen molar-refractivity contribution in [2.24, 2.45) is 0 Å². The van der Waals surface area contributed by atoms with Crippen molar-refractivity contribution in [3.05, 3.63) is 36.7 Å². The zero-order valence-electron chi connectivity index (χ0n) is 9.83. The van der Waals surface area contributed by atoms with Gasteiger partial charge in [-0.3, -0.25) is 4.89 Å². The van der Waals surface area contributed by atoms with Crippen LogP contribution < -0.4 is 4.57 Å². The fourth-order valence-corrected chi connectivity index (χ4v) is 2.04. The van der Waals surface area contributed by atoms with Crippen molar-refractivity contribution < 1.29 is 24.6 Å². The minimum Gasteiger partial charge on any atom is -0.478 e. The quantitative estimate of drug-likeness (QED) is 0.370. The van der Waals surface area contributed by atoms with E-state index in [1.54, 1.807) is 28.2 Å². The second kappa shape index (κ2) is 4.50. The van der Waals surface area contributed by atoms with Crippen LogP contribution in [-0.2, 0) is 16.2 Å². The number of aliphatic carboxylic acids is 1. The first-order valence-electron chi connectivity index (χ1n) is 5.28. The third-order valence-corrected chi connectivity index (χ3v) is 2.78. The predicted molar refractivity (Wildman–Crippen MR) is 63.5 cm³/mol. The smallest absolute Gasteiger partial charge is 0.346 e. The number of nitrogens with zero attached hydrogens (tertiary/aromatic N) is 2. The standard InChI is InChI=1S/C12H12N2O4/c1-8-13(7-12(15)16)10-5-3-4-6-11(10)14(8)9(2)18-17/h3-6H,2,7H2,1H3,(H-,15,16,17)/p+1. The van der Waals surface area contributed by atoms with E-state index in [1.165, 1.54) is 0 Å². The van der Waals surface area contributed by atoms with Crippen molar-refractivity contribution in [1.82, 2.24) is 4.57 Å². The van der Waals surface area contributed by atoms with Crippen LogP contribution in [-0.4, -0.2) is 20.9 Å². The van der Waals surface area contributed by atoms with Gasteiger partial charge in [-0.15, -0.1) is 0 Å². The van der Waals surface area contributed by atoms with E-state index < -0.39 is 5.97 Å². The van der Waals surface area contributed by atoms with Gasteiger partial charge in [0.2, 0.25) is 0 Å². The number of aromatic nitrogens is 2. The van der Waals surface area contributed by atoms with Crippen molar-refractivity contribution in [3.8, 4) is 0 Å². The topological polar surface area (TPSA) is 75.6 Å². The molecule has 1 aromatic carbocycles. The molecule has 0 aliphatic carbocycles. The first-order chi connectivity index (χ1) is 8.56. The van der Waals surface area contributed by atoms with Gasteiger partial charge in [0.15, 0.2) is 17.6 Å². The number of fused-ring (bicyclic) bond motifs is 1. The molecular formula is C12H13N2O4+. The minimum atomic E-state index is -0.943. The van der Waals surface area contributed by atoms with Gasteiger partial charge in [-0.05, 0) is 18.7 Å². The van der Waals surface area contributed by atoms with Crippen molar-refractivity contribution in [3.63, 3.8) is 0 Å². The molecule has 0 aliphatic heterocycles. The van der Waals surface area contributed by atoms with Crippen LogP contribution in [0.3, 0.4) is 0 Å². The molecule has 0 unspecified atom stereocenters. The van der Waals surface area contributed by atoms with Crippen molar-refractivity contribution in [2.45, 2.75) is 13.5 Å². The molecule has 2 N–H and O–H groups in total.